The van der Waals surface area contributed by atoms with E-state index in [1.54, 1.807) is 42.5 Å². The van der Waals surface area contributed by atoms with E-state index >= 15 is 0 Å². The van der Waals surface area contributed by atoms with E-state index in [2.05, 4.69) is 10.5 Å². The molecular formula is C23H22N2O3. The predicted octanol–water partition coefficient (Wildman–Crippen LogP) is 3.40. The lowest BCUT2D eigenvalue weighted by atomic mass is 9.85. The van der Waals surface area contributed by atoms with Gasteiger partial charge in [0, 0.05) is 0 Å². The molecule has 3 rings (SSSR count). The van der Waals surface area contributed by atoms with Crippen LogP contribution in [0.2, 0.25) is 0 Å². The van der Waals surface area contributed by atoms with E-state index < -0.39 is 11.5 Å². The number of hydrazone groups is 1. The fraction of sp³-hybridized carbons (Fsp3) is 0.130. The highest BCUT2D eigenvalue weighted by Gasteiger charge is 2.40. The van der Waals surface area contributed by atoms with Crippen LogP contribution in [0.5, 0.6) is 5.75 Å². The number of nitrogens with zero attached hydrogens (tertiary/aromatic N) is 1. The molecule has 5 heteroatoms. The van der Waals surface area contributed by atoms with E-state index in [0.29, 0.717) is 16.7 Å². The summed E-state index contributed by atoms with van der Waals surface area (Å²) in [4.78, 5) is 13.0. The van der Waals surface area contributed by atoms with Crippen molar-refractivity contribution in [3.8, 4) is 5.75 Å². The molecule has 142 valence electrons. The van der Waals surface area contributed by atoms with E-state index in [9.17, 15) is 15.0 Å². The van der Waals surface area contributed by atoms with Crippen LogP contribution in [-0.2, 0) is 10.4 Å². The molecule has 0 aliphatic rings. The van der Waals surface area contributed by atoms with Crippen molar-refractivity contribution in [1.29, 1.82) is 0 Å². The Bertz CT molecular complexity index is 948. The van der Waals surface area contributed by atoms with Crippen molar-refractivity contribution in [3.63, 3.8) is 0 Å². The van der Waals surface area contributed by atoms with Crippen LogP contribution in [0.3, 0.4) is 0 Å². The third-order valence-electron chi connectivity index (χ3n) is 4.52. The second kappa shape index (κ2) is 8.06. The molecule has 0 spiro atoms. The first-order valence-corrected chi connectivity index (χ1v) is 8.89. The number of aliphatic hydroxyl groups is 1. The summed E-state index contributed by atoms with van der Waals surface area (Å²) in [6.07, 6.45) is 1.41. The third-order valence-corrected chi connectivity index (χ3v) is 4.52. The van der Waals surface area contributed by atoms with Crippen LogP contribution in [0.25, 0.3) is 0 Å². The Morgan fingerprint density at radius 2 is 1.46 bits per heavy atom. The van der Waals surface area contributed by atoms with Gasteiger partial charge in [0.25, 0.3) is 5.91 Å². The zero-order chi connectivity index (χ0) is 20.1. The van der Waals surface area contributed by atoms with Crippen molar-refractivity contribution >= 4 is 12.1 Å². The summed E-state index contributed by atoms with van der Waals surface area (Å²) in [5, 5.41) is 24.9. The number of phenols is 1. The topological polar surface area (TPSA) is 81.9 Å². The lowest BCUT2D eigenvalue weighted by molar-refractivity contribution is -0.136. The van der Waals surface area contributed by atoms with Gasteiger partial charge in [-0.05, 0) is 42.7 Å². The Kier molecular flexibility index (Phi) is 5.57. The van der Waals surface area contributed by atoms with Crippen molar-refractivity contribution in [2.24, 2.45) is 5.10 Å². The molecule has 0 aromatic heterocycles. The maximum atomic E-state index is 13.0. The van der Waals surface area contributed by atoms with Gasteiger partial charge in [0.05, 0.1) is 6.21 Å². The summed E-state index contributed by atoms with van der Waals surface area (Å²) in [5.41, 5.74) is 4.10. The minimum Gasteiger partial charge on any atom is -0.508 e. The molecule has 3 N–H and O–H groups in total. The highest BCUT2D eigenvalue weighted by atomic mass is 16.3. The van der Waals surface area contributed by atoms with Crippen LogP contribution in [0, 0.1) is 13.8 Å². The molecule has 0 radical (unpaired) electrons. The Balaban J connectivity index is 1.93. The Labute approximate surface area is 164 Å². The van der Waals surface area contributed by atoms with Crippen LogP contribution < -0.4 is 5.43 Å². The smallest absolute Gasteiger partial charge is 0.281 e. The van der Waals surface area contributed by atoms with Crippen molar-refractivity contribution in [1.82, 2.24) is 5.43 Å². The molecular weight excluding hydrogens is 352 g/mol. The predicted molar refractivity (Wildman–Crippen MR) is 109 cm³/mol. The van der Waals surface area contributed by atoms with E-state index in [-0.39, 0.29) is 5.75 Å². The number of nitrogens with one attached hydrogen (secondary N) is 1. The van der Waals surface area contributed by atoms with Gasteiger partial charge in [-0.1, -0.05) is 71.8 Å². The van der Waals surface area contributed by atoms with Crippen LogP contribution in [-0.4, -0.2) is 22.3 Å². The van der Waals surface area contributed by atoms with E-state index in [1.165, 1.54) is 12.3 Å². The fourth-order valence-electron chi connectivity index (χ4n) is 2.87. The summed E-state index contributed by atoms with van der Waals surface area (Å²) in [6.45, 7) is 3.88. The van der Waals surface area contributed by atoms with E-state index in [4.69, 9.17) is 0 Å². The van der Waals surface area contributed by atoms with Crippen molar-refractivity contribution < 1.29 is 15.0 Å². The highest BCUT2D eigenvalue weighted by Crippen LogP contribution is 2.30. The number of aryl methyl sites for hydroxylation is 2. The second-order valence-corrected chi connectivity index (χ2v) is 6.74. The normalized spacial score (nSPS) is 11.5. The summed E-state index contributed by atoms with van der Waals surface area (Å²) >= 11 is 0. The van der Waals surface area contributed by atoms with Gasteiger partial charge in [0.1, 0.15) is 5.75 Å². The van der Waals surface area contributed by atoms with Crippen molar-refractivity contribution in [2.75, 3.05) is 0 Å². The van der Waals surface area contributed by atoms with Gasteiger partial charge in [-0.15, -0.1) is 0 Å². The van der Waals surface area contributed by atoms with Gasteiger partial charge >= 0.3 is 0 Å². The number of amides is 1. The standard InChI is InChI=1S/C23H22N2O3/c1-16-6-10-19(11-7-16)23(28,20-12-8-17(2)9-13-20)22(27)25-24-15-18-4-3-5-21(26)14-18/h3-15,26,28H,1-2H3,(H,25,27). The van der Waals surface area contributed by atoms with Gasteiger partial charge in [-0.2, -0.15) is 5.10 Å². The highest BCUT2D eigenvalue weighted by molar-refractivity contribution is 5.91. The number of benzene rings is 3. The van der Waals surface area contributed by atoms with Gasteiger partial charge in [-0.25, -0.2) is 5.43 Å². The summed E-state index contributed by atoms with van der Waals surface area (Å²) in [7, 11) is 0. The third kappa shape index (κ3) is 4.10. The molecule has 3 aromatic rings. The lowest BCUT2D eigenvalue weighted by Gasteiger charge is -2.27. The molecule has 0 heterocycles. The van der Waals surface area contributed by atoms with Gasteiger partial charge < -0.3 is 10.2 Å². The second-order valence-electron chi connectivity index (χ2n) is 6.74. The first-order valence-electron chi connectivity index (χ1n) is 8.89. The van der Waals surface area contributed by atoms with Gasteiger partial charge in [0.15, 0.2) is 5.60 Å². The molecule has 28 heavy (non-hydrogen) atoms. The fourth-order valence-corrected chi connectivity index (χ4v) is 2.87. The van der Waals surface area contributed by atoms with Crippen molar-refractivity contribution in [2.45, 2.75) is 19.4 Å². The molecule has 3 aromatic carbocycles. The van der Waals surface area contributed by atoms with Gasteiger partial charge in [-0.3, -0.25) is 4.79 Å². The number of carbonyl (C=O) groups excluding carboxylic acids is 1. The van der Waals surface area contributed by atoms with E-state index in [1.807, 2.05) is 38.1 Å². The molecule has 0 aliphatic heterocycles. The minimum atomic E-state index is -1.89. The zero-order valence-corrected chi connectivity index (χ0v) is 15.8. The molecule has 5 nitrogen and oxygen atoms in total. The summed E-state index contributed by atoms with van der Waals surface area (Å²) in [6, 6.07) is 20.8. The maximum absolute atomic E-state index is 13.0. The first-order chi connectivity index (χ1) is 13.4. The molecule has 0 atom stereocenters. The van der Waals surface area contributed by atoms with Crippen LogP contribution in [0.15, 0.2) is 77.9 Å². The zero-order valence-electron chi connectivity index (χ0n) is 15.8. The molecule has 0 saturated heterocycles. The lowest BCUT2D eigenvalue weighted by Crippen LogP contribution is -2.43. The van der Waals surface area contributed by atoms with Crippen LogP contribution in [0.1, 0.15) is 27.8 Å². The number of carbonyl (C=O) groups is 1. The van der Waals surface area contributed by atoms with Crippen LogP contribution in [0.4, 0.5) is 0 Å². The Morgan fingerprint density at radius 3 is 1.96 bits per heavy atom. The number of rotatable bonds is 5. The SMILES string of the molecule is Cc1ccc(C(O)(C(=O)NN=Cc2cccc(O)c2)c2ccc(C)cc2)cc1. The number of phenolic OH excluding ortho intramolecular Hbond substituents is 1. The molecule has 0 aliphatic carbocycles. The Hall–Kier alpha value is -3.44. The van der Waals surface area contributed by atoms with Gasteiger partial charge in [0.2, 0.25) is 0 Å². The monoisotopic (exact) mass is 374 g/mol. The Morgan fingerprint density at radius 1 is 0.929 bits per heavy atom. The average molecular weight is 374 g/mol. The average Bonchev–Trinajstić information content (AvgIpc) is 2.68. The quantitative estimate of drug-likeness (QED) is 0.473. The summed E-state index contributed by atoms with van der Waals surface area (Å²) < 4.78 is 0. The van der Waals surface area contributed by atoms with Crippen molar-refractivity contribution in [3.05, 3.63) is 101 Å². The minimum absolute atomic E-state index is 0.103. The first kappa shape index (κ1) is 19.3. The largest absolute Gasteiger partial charge is 0.508 e. The number of aromatic hydroxyl groups is 1. The van der Waals surface area contributed by atoms with Crippen LogP contribution >= 0.6 is 0 Å². The molecule has 0 saturated carbocycles. The molecule has 0 bridgehead atoms. The number of hydrogen-bond acceptors (Lipinski definition) is 4. The maximum Gasteiger partial charge on any atom is 0.281 e. The molecule has 0 unspecified atom stereocenters. The molecule has 0 fully saturated rings. The summed E-state index contributed by atoms with van der Waals surface area (Å²) in [5.74, 6) is -0.567. The molecule has 1 amide bonds. The van der Waals surface area contributed by atoms with E-state index in [0.717, 1.165) is 11.1 Å². The number of hydrogen-bond donors (Lipinski definition) is 3.